The third-order valence-corrected chi connectivity index (χ3v) is 6.04. The van der Waals surface area contributed by atoms with Gasteiger partial charge < -0.3 is 4.74 Å². The Bertz CT molecular complexity index is 489. The number of nitrogens with zero attached hydrogens (tertiary/aromatic N) is 2. The van der Waals surface area contributed by atoms with Gasteiger partial charge in [0.1, 0.15) is 11.8 Å². The van der Waals surface area contributed by atoms with Crippen molar-refractivity contribution in [2.45, 2.75) is 70.3 Å². The highest BCUT2D eigenvalue weighted by Gasteiger charge is 2.55. The van der Waals surface area contributed by atoms with Gasteiger partial charge in [0.15, 0.2) is 5.75 Å². The maximum Gasteiger partial charge on any atom is 0.163 e. The molecule has 2 aliphatic rings. The van der Waals surface area contributed by atoms with Crippen molar-refractivity contribution < 1.29 is 4.74 Å². The predicted octanol–water partition coefficient (Wildman–Crippen LogP) is 4.14. The highest BCUT2D eigenvalue weighted by molar-refractivity contribution is 6.21. The maximum atomic E-state index is 6.60. The zero-order chi connectivity index (χ0) is 14.3. The second kappa shape index (κ2) is 5.25. The average Bonchev–Trinajstić information content (AvgIpc) is 2.66. The normalized spacial score (nSPS) is 29.0. The van der Waals surface area contributed by atoms with Crippen molar-refractivity contribution >= 4 is 11.6 Å². The molecule has 1 spiro atoms. The fourth-order valence-electron chi connectivity index (χ4n) is 3.95. The summed E-state index contributed by atoms with van der Waals surface area (Å²) >= 11 is 6.60. The molecule has 0 saturated heterocycles. The van der Waals surface area contributed by atoms with Gasteiger partial charge in [0.05, 0.1) is 5.69 Å². The largest absolute Gasteiger partial charge is 0.486 e. The third kappa shape index (κ3) is 2.14. The summed E-state index contributed by atoms with van der Waals surface area (Å²) in [5.41, 5.74) is 2.32. The van der Waals surface area contributed by atoms with E-state index in [1.807, 2.05) is 18.7 Å². The van der Waals surface area contributed by atoms with E-state index in [2.05, 4.69) is 12.0 Å². The van der Waals surface area contributed by atoms with Gasteiger partial charge >= 0.3 is 0 Å². The minimum atomic E-state index is 0.215. The lowest BCUT2D eigenvalue weighted by molar-refractivity contribution is -0.0519. The molecule has 1 aromatic rings. The van der Waals surface area contributed by atoms with Gasteiger partial charge in [0.2, 0.25) is 0 Å². The Balaban J connectivity index is 1.80. The lowest BCUT2D eigenvalue weighted by atomic mass is 9.61. The molecule has 20 heavy (non-hydrogen) atoms. The number of alkyl halides is 1. The number of hydrogen-bond donors (Lipinski definition) is 0. The van der Waals surface area contributed by atoms with Crippen molar-refractivity contribution in [3.05, 3.63) is 11.4 Å². The second-order valence-corrected chi connectivity index (χ2v) is 7.11. The topological polar surface area (TPSA) is 27.1 Å². The summed E-state index contributed by atoms with van der Waals surface area (Å²) in [5, 5.41) is 4.75. The van der Waals surface area contributed by atoms with Crippen LogP contribution in [0.1, 0.15) is 56.3 Å². The molecule has 2 fully saturated rings. The first kappa shape index (κ1) is 14.2. The Hall–Kier alpha value is -0.700. The number of aromatic nitrogens is 2. The Morgan fingerprint density at radius 3 is 2.35 bits per heavy atom. The SMILES string of the molecule is Cc1nn(C)c(C)c1OC1CC(Cl)C12CCCCCC2. The van der Waals surface area contributed by atoms with Crippen LogP contribution in [0.2, 0.25) is 0 Å². The highest BCUT2D eigenvalue weighted by atomic mass is 35.5. The molecule has 0 radical (unpaired) electrons. The molecule has 2 saturated carbocycles. The average molecular weight is 297 g/mol. The summed E-state index contributed by atoms with van der Waals surface area (Å²) < 4.78 is 8.29. The van der Waals surface area contributed by atoms with Crippen LogP contribution in [0.5, 0.6) is 5.75 Å². The summed E-state index contributed by atoms with van der Waals surface area (Å²) in [5.74, 6) is 0.977. The Morgan fingerprint density at radius 2 is 1.85 bits per heavy atom. The highest BCUT2D eigenvalue weighted by Crippen LogP contribution is 2.55. The van der Waals surface area contributed by atoms with E-state index >= 15 is 0 Å². The molecule has 0 aromatic carbocycles. The molecule has 2 aliphatic carbocycles. The van der Waals surface area contributed by atoms with E-state index in [0.29, 0.717) is 5.38 Å². The fourth-order valence-corrected chi connectivity index (χ4v) is 4.47. The second-order valence-electron chi connectivity index (χ2n) is 6.58. The fraction of sp³-hybridized carbons (Fsp3) is 0.812. The van der Waals surface area contributed by atoms with Gasteiger partial charge in [-0.3, -0.25) is 4.68 Å². The molecule has 1 heterocycles. The van der Waals surface area contributed by atoms with Gasteiger partial charge in [-0.15, -0.1) is 11.6 Å². The lowest BCUT2D eigenvalue weighted by Crippen LogP contribution is -2.57. The van der Waals surface area contributed by atoms with Crippen molar-refractivity contribution in [2.75, 3.05) is 0 Å². The van der Waals surface area contributed by atoms with E-state index in [9.17, 15) is 0 Å². The molecular weight excluding hydrogens is 272 g/mol. The first-order valence-electron chi connectivity index (χ1n) is 7.85. The van der Waals surface area contributed by atoms with Crippen molar-refractivity contribution in [1.29, 1.82) is 0 Å². The Labute approximate surface area is 126 Å². The summed E-state index contributed by atoms with van der Waals surface area (Å²) in [4.78, 5) is 0. The van der Waals surface area contributed by atoms with E-state index in [1.165, 1.54) is 38.5 Å². The van der Waals surface area contributed by atoms with E-state index < -0.39 is 0 Å². The molecule has 0 N–H and O–H groups in total. The van der Waals surface area contributed by atoms with Crippen molar-refractivity contribution in [3.8, 4) is 5.75 Å². The lowest BCUT2D eigenvalue weighted by Gasteiger charge is -2.53. The van der Waals surface area contributed by atoms with Crippen LogP contribution in [-0.2, 0) is 7.05 Å². The molecule has 112 valence electrons. The molecule has 2 atom stereocenters. The summed E-state index contributed by atoms with van der Waals surface area (Å²) in [6.45, 7) is 4.10. The third-order valence-electron chi connectivity index (χ3n) is 5.42. The zero-order valence-corrected chi connectivity index (χ0v) is 13.5. The molecule has 1 aromatic heterocycles. The quantitative estimate of drug-likeness (QED) is 0.767. The van der Waals surface area contributed by atoms with Crippen LogP contribution >= 0.6 is 11.6 Å². The van der Waals surface area contributed by atoms with Crippen molar-refractivity contribution in [1.82, 2.24) is 9.78 Å². The molecule has 3 rings (SSSR count). The van der Waals surface area contributed by atoms with Crippen LogP contribution in [-0.4, -0.2) is 21.3 Å². The van der Waals surface area contributed by atoms with Gasteiger partial charge in [-0.2, -0.15) is 5.10 Å². The van der Waals surface area contributed by atoms with Gasteiger partial charge in [-0.1, -0.05) is 25.7 Å². The summed E-state index contributed by atoms with van der Waals surface area (Å²) in [7, 11) is 1.97. The van der Waals surface area contributed by atoms with Crippen molar-refractivity contribution in [3.63, 3.8) is 0 Å². The summed E-state index contributed by atoms with van der Waals surface area (Å²) in [6.07, 6.45) is 9.02. The summed E-state index contributed by atoms with van der Waals surface area (Å²) in [6, 6.07) is 0. The van der Waals surface area contributed by atoms with E-state index in [-0.39, 0.29) is 11.5 Å². The molecular formula is C16H25ClN2O. The van der Waals surface area contributed by atoms with E-state index in [4.69, 9.17) is 16.3 Å². The van der Waals surface area contributed by atoms with Crippen LogP contribution < -0.4 is 4.74 Å². The van der Waals surface area contributed by atoms with Crippen molar-refractivity contribution in [2.24, 2.45) is 12.5 Å². The minimum Gasteiger partial charge on any atom is -0.486 e. The van der Waals surface area contributed by atoms with E-state index in [1.54, 1.807) is 0 Å². The Morgan fingerprint density at radius 1 is 1.20 bits per heavy atom. The maximum absolute atomic E-state index is 6.60. The van der Waals surface area contributed by atoms with Gasteiger partial charge in [-0.05, 0) is 26.7 Å². The standard InChI is InChI=1S/C16H25ClN2O/c1-11-15(12(2)19(3)18-11)20-14-10-13(17)16(14)8-6-4-5-7-9-16/h13-14H,4-10H2,1-3H3. The van der Waals surface area contributed by atoms with Gasteiger partial charge in [0, 0.05) is 24.3 Å². The first-order chi connectivity index (χ1) is 9.54. The molecule has 4 heteroatoms. The number of hydrogen-bond acceptors (Lipinski definition) is 2. The monoisotopic (exact) mass is 296 g/mol. The zero-order valence-electron chi connectivity index (χ0n) is 12.8. The van der Waals surface area contributed by atoms with Crippen LogP contribution in [0.4, 0.5) is 0 Å². The number of rotatable bonds is 2. The number of ether oxygens (including phenoxy) is 1. The molecule has 0 bridgehead atoms. The molecule has 0 aliphatic heterocycles. The Kier molecular flexibility index (Phi) is 3.74. The predicted molar refractivity (Wildman–Crippen MR) is 81.5 cm³/mol. The van der Waals surface area contributed by atoms with E-state index in [0.717, 1.165) is 23.6 Å². The van der Waals surface area contributed by atoms with Crippen LogP contribution in [0, 0.1) is 19.3 Å². The molecule has 2 unspecified atom stereocenters. The van der Waals surface area contributed by atoms with Gasteiger partial charge in [0.25, 0.3) is 0 Å². The molecule has 3 nitrogen and oxygen atoms in total. The minimum absolute atomic E-state index is 0.215. The van der Waals surface area contributed by atoms with Crippen LogP contribution in [0.15, 0.2) is 0 Å². The van der Waals surface area contributed by atoms with Crippen LogP contribution in [0.25, 0.3) is 0 Å². The first-order valence-corrected chi connectivity index (χ1v) is 8.29. The molecule has 0 amide bonds. The number of aryl methyl sites for hydroxylation is 2. The smallest absolute Gasteiger partial charge is 0.163 e. The number of halogens is 1. The van der Waals surface area contributed by atoms with Gasteiger partial charge in [-0.25, -0.2) is 0 Å². The van der Waals surface area contributed by atoms with Crippen LogP contribution in [0.3, 0.4) is 0 Å².